The Labute approximate surface area is 367 Å². The van der Waals surface area contributed by atoms with Crippen molar-refractivity contribution in [1.29, 1.82) is 0 Å². The Morgan fingerprint density at radius 3 is 2.39 bits per heavy atom. The lowest BCUT2D eigenvalue weighted by Crippen LogP contribution is -2.53. The van der Waals surface area contributed by atoms with Gasteiger partial charge in [-0.05, 0) is 60.7 Å². The maximum Gasteiger partial charge on any atom is 0.362 e. The summed E-state index contributed by atoms with van der Waals surface area (Å²) in [6.45, 7) is 6.83. The molecule has 19 heteroatoms. The van der Waals surface area contributed by atoms with Gasteiger partial charge in [-0.2, -0.15) is 4.98 Å². The molecule has 0 radical (unpaired) electrons. The van der Waals surface area contributed by atoms with Gasteiger partial charge in [0.1, 0.15) is 16.8 Å². The molecule has 0 spiro atoms. The second-order valence-electron chi connectivity index (χ2n) is 15.4. The van der Waals surface area contributed by atoms with Crippen molar-refractivity contribution < 1.29 is 32.7 Å². The maximum absolute atomic E-state index is 13.3. The lowest BCUT2D eigenvalue weighted by molar-refractivity contribution is -0.136. The summed E-state index contributed by atoms with van der Waals surface area (Å²) in [5.41, 5.74) is 4.87. The Kier molecular flexibility index (Phi) is 13.0. The molecule has 16 nitrogen and oxygen atoms in total. The highest BCUT2D eigenvalue weighted by Crippen LogP contribution is 2.47. The number of anilines is 5. The number of hydrogen-bond acceptors (Lipinski definition) is 14. The minimum absolute atomic E-state index is 0.164. The van der Waals surface area contributed by atoms with Crippen LogP contribution in [-0.4, -0.2) is 115 Å². The first-order chi connectivity index (χ1) is 29.5. The largest absolute Gasteiger partial charge is 0.494 e. The summed E-state index contributed by atoms with van der Waals surface area (Å²) in [4.78, 5) is 55.5. The van der Waals surface area contributed by atoms with Crippen LogP contribution in [0.3, 0.4) is 0 Å². The molecule has 3 N–H and O–H groups in total. The Bertz CT molecular complexity index is 2370. The average molecular weight is 937 g/mol. The Hall–Kier alpha value is -4.61. The summed E-state index contributed by atoms with van der Waals surface area (Å²) >= 11 is 10.3. The zero-order valence-corrected chi connectivity index (χ0v) is 37.4. The number of aromatic nitrogens is 2. The molecule has 3 saturated heterocycles. The van der Waals surface area contributed by atoms with E-state index in [0.717, 1.165) is 79.9 Å². The van der Waals surface area contributed by atoms with E-state index in [1.807, 2.05) is 24.3 Å². The first kappa shape index (κ1) is 43.1. The summed E-state index contributed by atoms with van der Waals surface area (Å²) < 4.78 is 30.4. The molecule has 0 saturated carbocycles. The number of carbonyl (C=O) groups excluding carboxylic acids is 3. The van der Waals surface area contributed by atoms with Gasteiger partial charge in [0.25, 0.3) is 5.91 Å². The minimum atomic E-state index is -3.57. The molecule has 1 atom stereocenters. The van der Waals surface area contributed by atoms with E-state index in [-0.39, 0.29) is 29.2 Å². The summed E-state index contributed by atoms with van der Waals surface area (Å²) in [7, 11) is 0.733. The topological polar surface area (TPSA) is 171 Å². The predicted molar refractivity (Wildman–Crippen MR) is 237 cm³/mol. The number of para-hydroxylation sites is 1. The molecule has 4 aliphatic heterocycles. The van der Waals surface area contributed by atoms with Crippen molar-refractivity contribution in [3.8, 4) is 5.75 Å². The number of methoxy groups -OCH3 is 1. The van der Waals surface area contributed by atoms with E-state index in [1.165, 1.54) is 20.4 Å². The predicted octanol–water partition coefficient (Wildman–Crippen LogP) is 6.05. The van der Waals surface area contributed by atoms with Crippen LogP contribution in [-0.2, 0) is 36.3 Å². The van der Waals surface area contributed by atoms with E-state index in [4.69, 9.17) is 25.4 Å². The van der Waals surface area contributed by atoms with E-state index in [2.05, 4.69) is 62.6 Å². The number of nitrogens with one attached hydrogen (secondary N) is 3. The Balaban J connectivity index is 0.839. The molecular weight excluding hydrogens is 889 g/mol. The zero-order chi connectivity index (χ0) is 42.8. The average Bonchev–Trinajstić information content (AvgIpc) is 3.62. The van der Waals surface area contributed by atoms with Gasteiger partial charge in [-0.3, -0.25) is 34.1 Å². The van der Waals surface area contributed by atoms with Crippen LogP contribution in [0.5, 0.6) is 5.75 Å². The molecule has 3 fully saturated rings. The highest BCUT2D eigenvalue weighted by molar-refractivity contribution is 9.10. The number of nitrogens with zero attached hydrogens (tertiary/aromatic N) is 6. The maximum atomic E-state index is 13.3. The van der Waals surface area contributed by atoms with Gasteiger partial charge >= 0.3 is 7.60 Å². The van der Waals surface area contributed by atoms with Crippen molar-refractivity contribution in [2.24, 2.45) is 0 Å². The second kappa shape index (κ2) is 18.4. The third-order valence-electron chi connectivity index (χ3n) is 12.0. The van der Waals surface area contributed by atoms with Crippen LogP contribution < -0.4 is 30.9 Å². The van der Waals surface area contributed by atoms with Gasteiger partial charge in [-0.1, -0.05) is 45.7 Å². The van der Waals surface area contributed by atoms with E-state index < -0.39 is 19.5 Å². The highest BCUT2D eigenvalue weighted by Gasteiger charge is 2.40. The van der Waals surface area contributed by atoms with Crippen LogP contribution >= 0.6 is 35.1 Å². The zero-order valence-electron chi connectivity index (χ0n) is 34.2. The monoisotopic (exact) mass is 935 g/mol. The number of imide groups is 1. The van der Waals surface area contributed by atoms with E-state index in [1.54, 1.807) is 36.3 Å². The third kappa shape index (κ3) is 9.01. The number of fused-ring (bicyclic) bond motifs is 1. The van der Waals surface area contributed by atoms with Crippen LogP contribution in [0.25, 0.3) is 0 Å². The van der Waals surface area contributed by atoms with Crippen molar-refractivity contribution in [2.75, 3.05) is 76.1 Å². The fraction of sp³-hybridized carbons (Fsp3) is 0.405. The molecule has 322 valence electrons. The van der Waals surface area contributed by atoms with Gasteiger partial charge in [0, 0.05) is 101 Å². The molecule has 8 rings (SSSR count). The molecule has 4 aliphatic rings. The van der Waals surface area contributed by atoms with Crippen LogP contribution in [0.1, 0.15) is 47.2 Å². The summed E-state index contributed by atoms with van der Waals surface area (Å²) in [6, 6.07) is 16.8. The third-order valence-corrected chi connectivity index (χ3v) is 15.2. The number of rotatable bonds is 13. The van der Waals surface area contributed by atoms with E-state index >= 15 is 0 Å². The van der Waals surface area contributed by atoms with Gasteiger partial charge in [-0.15, -0.1) is 0 Å². The molecule has 61 heavy (non-hydrogen) atoms. The normalized spacial score (nSPS) is 19.2. The lowest BCUT2D eigenvalue weighted by atomic mass is 10.0. The number of piperidine rings is 2. The van der Waals surface area contributed by atoms with Crippen LogP contribution in [0, 0.1) is 0 Å². The standard InChI is InChI=1S/C42H48BrClN9O7P/c1-58-35-22-28(9-11-32(35)47-42-45-23-31(44)39(49-42)46-33-6-4-5-7-36(33)61(57,59-2)60-3)51-16-14-27(15-17-51)52-20-18-50(19-21-52)24-26-8-10-29-30(38(26)43)25-53(41(29)56)34-12-13-37(54)48-40(34)55/h4-11,22-23,27,34H,12-21,24-25H2,1-3H3,(H,48,54,55)(H2,45,46,47,49). The molecule has 3 aromatic carbocycles. The van der Waals surface area contributed by atoms with Crippen molar-refractivity contribution >= 4 is 87.0 Å². The van der Waals surface area contributed by atoms with Gasteiger partial charge in [-0.25, -0.2) is 4.98 Å². The smallest absolute Gasteiger partial charge is 0.362 e. The number of piperazine rings is 1. The fourth-order valence-corrected chi connectivity index (χ4v) is 10.6. The lowest BCUT2D eigenvalue weighted by Gasteiger charge is -2.43. The Morgan fingerprint density at radius 2 is 1.67 bits per heavy atom. The van der Waals surface area contributed by atoms with Crippen molar-refractivity contribution in [2.45, 2.75) is 50.9 Å². The van der Waals surface area contributed by atoms with Crippen molar-refractivity contribution in [3.63, 3.8) is 0 Å². The number of halogens is 2. The number of amides is 3. The van der Waals surface area contributed by atoms with E-state index in [9.17, 15) is 18.9 Å². The van der Waals surface area contributed by atoms with Crippen LogP contribution in [0.4, 0.5) is 28.8 Å². The fourth-order valence-electron chi connectivity index (χ4n) is 8.62. The molecule has 1 unspecified atom stereocenters. The van der Waals surface area contributed by atoms with Crippen molar-refractivity contribution in [3.05, 3.63) is 87.0 Å². The molecular formula is C42H48BrClN9O7P. The molecule has 4 aromatic rings. The Morgan fingerprint density at radius 1 is 0.918 bits per heavy atom. The van der Waals surface area contributed by atoms with Gasteiger partial charge in [0.15, 0.2) is 5.82 Å². The van der Waals surface area contributed by atoms with Gasteiger partial charge in [0.05, 0.1) is 30.0 Å². The quantitative estimate of drug-likeness (QED) is 0.105. The van der Waals surface area contributed by atoms with Gasteiger partial charge < -0.3 is 34.2 Å². The number of ether oxygens (including phenoxy) is 1. The van der Waals surface area contributed by atoms with Crippen LogP contribution in [0.15, 0.2) is 65.3 Å². The SMILES string of the molecule is COc1cc(N2CCC(N3CCN(Cc4ccc5c(c4Br)CN(C4CCC(=O)NC4=O)C5=O)CC3)CC2)ccc1Nc1ncc(Cl)c(Nc2ccccc2P(=O)(OC)OC)n1. The molecule has 1 aromatic heterocycles. The highest BCUT2D eigenvalue weighted by atomic mass is 79.9. The summed E-state index contributed by atoms with van der Waals surface area (Å²) in [6.07, 6.45) is 4.17. The molecule has 0 bridgehead atoms. The number of hydrogen-bond donors (Lipinski definition) is 3. The molecule has 3 amide bonds. The van der Waals surface area contributed by atoms with Crippen LogP contribution in [0.2, 0.25) is 5.02 Å². The van der Waals surface area contributed by atoms with Crippen molar-refractivity contribution in [1.82, 2.24) is 30.0 Å². The second-order valence-corrected chi connectivity index (χ2v) is 18.8. The van der Waals surface area contributed by atoms with E-state index in [0.29, 0.717) is 52.8 Å². The summed E-state index contributed by atoms with van der Waals surface area (Å²) in [5.74, 6) is 0.375. The molecule has 5 heterocycles. The first-order valence-corrected chi connectivity index (χ1v) is 22.9. The van der Waals surface area contributed by atoms with Gasteiger partial charge in [0.2, 0.25) is 17.8 Å². The minimum Gasteiger partial charge on any atom is -0.494 e. The molecule has 0 aliphatic carbocycles. The number of carbonyl (C=O) groups is 3. The number of benzene rings is 3. The summed E-state index contributed by atoms with van der Waals surface area (Å²) in [5, 5.41) is 9.40. The first-order valence-electron chi connectivity index (χ1n) is 20.2.